The van der Waals surface area contributed by atoms with Gasteiger partial charge in [-0.2, -0.15) is 9.78 Å². The van der Waals surface area contributed by atoms with Crippen LogP contribution in [0.4, 0.5) is 9.59 Å². The van der Waals surface area contributed by atoms with Crippen LogP contribution < -0.4 is 0 Å². The summed E-state index contributed by atoms with van der Waals surface area (Å²) in [5, 5.41) is 3.94. The summed E-state index contributed by atoms with van der Waals surface area (Å²) in [5.41, 5.74) is -0.506. The van der Waals surface area contributed by atoms with Crippen molar-refractivity contribution in [3.05, 3.63) is 18.5 Å². The molecule has 0 spiro atoms. The molecule has 0 aromatic carbocycles. The van der Waals surface area contributed by atoms with E-state index in [-0.39, 0.29) is 12.1 Å². The van der Waals surface area contributed by atoms with Crippen molar-refractivity contribution < 1.29 is 14.3 Å². The van der Waals surface area contributed by atoms with Crippen molar-refractivity contribution in [1.29, 1.82) is 0 Å². The van der Waals surface area contributed by atoms with Gasteiger partial charge in [-0.3, -0.25) is 0 Å². The van der Waals surface area contributed by atoms with Crippen molar-refractivity contribution in [2.75, 3.05) is 26.2 Å². The van der Waals surface area contributed by atoms with Crippen molar-refractivity contribution in [2.24, 2.45) is 0 Å². The fourth-order valence-electron chi connectivity index (χ4n) is 2.14. The topological polar surface area (TPSA) is 67.7 Å². The van der Waals surface area contributed by atoms with Crippen LogP contribution in [-0.2, 0) is 4.74 Å². The van der Waals surface area contributed by atoms with Gasteiger partial charge in [0.2, 0.25) is 0 Å². The second-order valence-electron chi connectivity index (χ2n) is 6.04. The highest BCUT2D eigenvalue weighted by Crippen LogP contribution is 2.12. The second-order valence-corrected chi connectivity index (χ2v) is 6.04. The summed E-state index contributed by atoms with van der Waals surface area (Å²) >= 11 is 0. The number of hydrogen-bond donors (Lipinski definition) is 0. The molecule has 2 rings (SSSR count). The Morgan fingerprint density at radius 1 is 1.10 bits per heavy atom. The first-order valence-electron chi connectivity index (χ1n) is 7.14. The molecule has 0 bridgehead atoms. The summed E-state index contributed by atoms with van der Waals surface area (Å²) in [5.74, 6) is 0. The standard InChI is InChI=1S/C14H22N4O3/c1-14(2,3)21-13(20)17-8-5-7-16(10-11-17)12(19)18-9-4-6-15-18/h4,6,9H,5,7-8,10-11H2,1-3H3. The number of aromatic nitrogens is 2. The SMILES string of the molecule is CC(C)(C)OC(=O)N1CCCN(C(=O)n2cccn2)CC1. The molecule has 0 unspecified atom stereocenters. The molecule has 0 radical (unpaired) electrons. The van der Waals surface area contributed by atoms with E-state index < -0.39 is 5.60 Å². The Bertz CT molecular complexity index is 493. The zero-order valence-electron chi connectivity index (χ0n) is 12.8. The third-order valence-electron chi connectivity index (χ3n) is 3.12. The molecule has 7 heteroatoms. The van der Waals surface area contributed by atoms with Crippen LogP contribution in [0, 0.1) is 0 Å². The average Bonchev–Trinajstić information content (AvgIpc) is 2.80. The lowest BCUT2D eigenvalue weighted by molar-refractivity contribution is 0.0258. The summed E-state index contributed by atoms with van der Waals surface area (Å²) in [6.45, 7) is 7.69. The molecule has 1 fully saturated rings. The van der Waals surface area contributed by atoms with Gasteiger partial charge in [-0.05, 0) is 33.3 Å². The molecule has 0 aliphatic carbocycles. The van der Waals surface area contributed by atoms with Crippen LogP contribution in [0.2, 0.25) is 0 Å². The third-order valence-corrected chi connectivity index (χ3v) is 3.12. The molecular formula is C14H22N4O3. The largest absolute Gasteiger partial charge is 0.444 e. The lowest BCUT2D eigenvalue weighted by Crippen LogP contribution is -2.41. The monoisotopic (exact) mass is 294 g/mol. The fraction of sp³-hybridized carbons (Fsp3) is 0.643. The van der Waals surface area contributed by atoms with Crippen LogP contribution in [0.1, 0.15) is 27.2 Å². The normalized spacial score (nSPS) is 16.5. The highest BCUT2D eigenvalue weighted by atomic mass is 16.6. The third kappa shape index (κ3) is 4.21. The Morgan fingerprint density at radius 2 is 1.76 bits per heavy atom. The van der Waals surface area contributed by atoms with Gasteiger partial charge in [0, 0.05) is 38.6 Å². The summed E-state index contributed by atoms with van der Waals surface area (Å²) < 4.78 is 6.68. The van der Waals surface area contributed by atoms with Gasteiger partial charge >= 0.3 is 12.1 Å². The van der Waals surface area contributed by atoms with E-state index in [1.807, 2.05) is 20.8 Å². The van der Waals surface area contributed by atoms with E-state index in [1.54, 1.807) is 28.3 Å². The van der Waals surface area contributed by atoms with Crippen LogP contribution in [0.5, 0.6) is 0 Å². The average molecular weight is 294 g/mol. The van der Waals surface area contributed by atoms with Crippen molar-refractivity contribution in [3.8, 4) is 0 Å². The van der Waals surface area contributed by atoms with Gasteiger partial charge < -0.3 is 14.5 Å². The summed E-state index contributed by atoms with van der Waals surface area (Å²) in [7, 11) is 0. The van der Waals surface area contributed by atoms with E-state index in [0.29, 0.717) is 26.2 Å². The summed E-state index contributed by atoms with van der Waals surface area (Å²) in [6, 6.07) is 1.55. The van der Waals surface area contributed by atoms with E-state index in [2.05, 4.69) is 5.10 Å². The quantitative estimate of drug-likeness (QED) is 0.731. The molecule has 116 valence electrons. The molecule has 1 aliphatic heterocycles. The predicted octanol–water partition coefficient (Wildman–Crippen LogP) is 1.79. The van der Waals surface area contributed by atoms with Gasteiger partial charge in [-0.15, -0.1) is 0 Å². The van der Waals surface area contributed by atoms with Crippen molar-refractivity contribution in [2.45, 2.75) is 32.8 Å². The minimum absolute atomic E-state index is 0.161. The molecule has 2 amide bonds. The number of carbonyl (C=O) groups is 2. The Hall–Kier alpha value is -2.05. The van der Waals surface area contributed by atoms with Crippen LogP contribution in [0.25, 0.3) is 0 Å². The van der Waals surface area contributed by atoms with Crippen molar-refractivity contribution in [1.82, 2.24) is 19.6 Å². The Morgan fingerprint density at radius 3 is 2.38 bits per heavy atom. The zero-order chi connectivity index (χ0) is 15.5. The zero-order valence-corrected chi connectivity index (χ0v) is 12.8. The molecular weight excluding hydrogens is 272 g/mol. The maximum Gasteiger partial charge on any atom is 0.410 e. The second kappa shape index (κ2) is 6.15. The first-order valence-corrected chi connectivity index (χ1v) is 7.14. The Kier molecular flexibility index (Phi) is 4.50. The lowest BCUT2D eigenvalue weighted by atomic mass is 10.2. The molecule has 1 aliphatic rings. The molecule has 7 nitrogen and oxygen atoms in total. The van der Waals surface area contributed by atoms with E-state index in [4.69, 9.17) is 4.74 Å². The number of amides is 2. The van der Waals surface area contributed by atoms with Crippen LogP contribution >= 0.6 is 0 Å². The molecule has 1 aromatic rings. The molecule has 0 N–H and O–H groups in total. The summed E-state index contributed by atoms with van der Waals surface area (Å²) in [4.78, 5) is 27.6. The van der Waals surface area contributed by atoms with Gasteiger partial charge in [0.05, 0.1) is 0 Å². The van der Waals surface area contributed by atoms with Crippen molar-refractivity contribution in [3.63, 3.8) is 0 Å². The molecule has 0 saturated carbocycles. The number of ether oxygens (including phenoxy) is 1. The first-order chi connectivity index (χ1) is 9.87. The Labute approximate surface area is 124 Å². The fourth-order valence-corrected chi connectivity index (χ4v) is 2.14. The van der Waals surface area contributed by atoms with Gasteiger partial charge in [-0.1, -0.05) is 0 Å². The molecule has 1 saturated heterocycles. The van der Waals surface area contributed by atoms with Crippen LogP contribution in [0.15, 0.2) is 18.5 Å². The van der Waals surface area contributed by atoms with E-state index >= 15 is 0 Å². The summed E-state index contributed by atoms with van der Waals surface area (Å²) in [6.07, 6.45) is 3.60. The Balaban J connectivity index is 1.93. The van der Waals surface area contributed by atoms with Gasteiger partial charge in [0.1, 0.15) is 5.60 Å². The maximum absolute atomic E-state index is 12.2. The molecule has 21 heavy (non-hydrogen) atoms. The van der Waals surface area contributed by atoms with Gasteiger partial charge in [-0.25, -0.2) is 9.59 Å². The number of carbonyl (C=O) groups excluding carboxylic acids is 2. The van der Waals surface area contributed by atoms with Crippen LogP contribution in [0.3, 0.4) is 0 Å². The number of nitrogens with zero attached hydrogens (tertiary/aromatic N) is 4. The minimum atomic E-state index is -0.506. The first kappa shape index (κ1) is 15.3. The number of rotatable bonds is 0. The predicted molar refractivity (Wildman–Crippen MR) is 77.0 cm³/mol. The van der Waals surface area contributed by atoms with E-state index in [0.717, 1.165) is 6.42 Å². The highest BCUT2D eigenvalue weighted by molar-refractivity contribution is 5.76. The number of hydrogen-bond acceptors (Lipinski definition) is 4. The molecule has 0 atom stereocenters. The molecule has 2 heterocycles. The van der Waals surface area contributed by atoms with Crippen molar-refractivity contribution >= 4 is 12.1 Å². The van der Waals surface area contributed by atoms with Crippen LogP contribution in [-0.4, -0.2) is 63.5 Å². The minimum Gasteiger partial charge on any atom is -0.444 e. The van der Waals surface area contributed by atoms with Gasteiger partial charge in [0.25, 0.3) is 0 Å². The maximum atomic E-state index is 12.2. The highest BCUT2D eigenvalue weighted by Gasteiger charge is 2.26. The van der Waals surface area contributed by atoms with E-state index in [9.17, 15) is 9.59 Å². The van der Waals surface area contributed by atoms with Gasteiger partial charge in [0.15, 0.2) is 0 Å². The smallest absolute Gasteiger partial charge is 0.410 e. The van der Waals surface area contributed by atoms with E-state index in [1.165, 1.54) is 4.68 Å². The molecule has 1 aromatic heterocycles. The lowest BCUT2D eigenvalue weighted by Gasteiger charge is -2.26.